The van der Waals surface area contributed by atoms with Gasteiger partial charge in [0.15, 0.2) is 0 Å². The first-order valence-corrected chi connectivity index (χ1v) is 9.00. The Bertz CT molecular complexity index is 726. The van der Waals surface area contributed by atoms with Gasteiger partial charge in [0.1, 0.15) is 11.8 Å². The summed E-state index contributed by atoms with van der Waals surface area (Å²) < 4.78 is 28.3. The smallest absolute Gasteiger partial charge is 0.394 e. The predicted octanol–water partition coefficient (Wildman–Crippen LogP) is 0.392. The molecule has 0 radical (unpaired) electrons. The summed E-state index contributed by atoms with van der Waals surface area (Å²) in [5.41, 5.74) is 0.455. The molecule has 0 aliphatic rings. The third kappa shape index (κ3) is 7.21. The standard InChI is InChI=1S/C15H19NO8S/c1-2-3-8-25(22,23)24-11-6-4-10(5-7-11)9-12(14(18)19)16-13(17)15(20)21/h4-7,12H,2-3,8-9H2,1H3,(H,16,17)(H,18,19)(H,20,21)/t12-/m1/s1. The van der Waals surface area contributed by atoms with Crippen molar-refractivity contribution in [3.63, 3.8) is 0 Å². The van der Waals surface area contributed by atoms with E-state index < -0.39 is 34.0 Å². The SMILES string of the molecule is CCCCS(=O)(=O)Oc1ccc(C[C@@H](NC(=O)C(=O)O)C(=O)O)cc1. The molecule has 0 bridgehead atoms. The minimum atomic E-state index is -3.69. The maximum absolute atomic E-state index is 11.7. The van der Waals surface area contributed by atoms with Crippen molar-refractivity contribution < 1.29 is 37.2 Å². The third-order valence-corrected chi connectivity index (χ3v) is 4.37. The number of carbonyl (C=O) groups excluding carboxylic acids is 1. The molecule has 0 heterocycles. The lowest BCUT2D eigenvalue weighted by molar-refractivity contribution is -0.152. The van der Waals surface area contributed by atoms with E-state index in [1.54, 1.807) is 0 Å². The fourth-order valence-corrected chi connectivity index (χ4v) is 2.98. The van der Waals surface area contributed by atoms with E-state index in [1.807, 2.05) is 12.2 Å². The van der Waals surface area contributed by atoms with Crippen molar-refractivity contribution in [2.75, 3.05) is 5.75 Å². The lowest BCUT2D eigenvalue weighted by Crippen LogP contribution is -2.45. The molecule has 0 aliphatic heterocycles. The highest BCUT2D eigenvalue weighted by Crippen LogP contribution is 2.16. The lowest BCUT2D eigenvalue weighted by atomic mass is 10.1. The molecule has 0 saturated carbocycles. The topological polar surface area (TPSA) is 147 Å². The molecule has 3 N–H and O–H groups in total. The van der Waals surface area contributed by atoms with E-state index in [0.717, 1.165) is 0 Å². The van der Waals surface area contributed by atoms with Crippen molar-refractivity contribution in [1.29, 1.82) is 0 Å². The van der Waals surface area contributed by atoms with Gasteiger partial charge in [-0.25, -0.2) is 9.59 Å². The van der Waals surface area contributed by atoms with Crippen LogP contribution in [0.1, 0.15) is 25.3 Å². The number of unbranched alkanes of at least 4 members (excludes halogenated alkanes) is 1. The summed E-state index contributed by atoms with van der Waals surface area (Å²) in [7, 11) is -3.69. The van der Waals surface area contributed by atoms with Gasteiger partial charge in [-0.2, -0.15) is 8.42 Å². The van der Waals surface area contributed by atoms with Crippen molar-refractivity contribution in [3.05, 3.63) is 29.8 Å². The molecule has 1 atom stereocenters. The van der Waals surface area contributed by atoms with Crippen LogP contribution in [0.25, 0.3) is 0 Å². The van der Waals surface area contributed by atoms with Crippen LogP contribution in [0.4, 0.5) is 0 Å². The Hall–Kier alpha value is -2.62. The summed E-state index contributed by atoms with van der Waals surface area (Å²) in [6.07, 6.45) is 1.02. The molecule has 1 amide bonds. The van der Waals surface area contributed by atoms with E-state index in [2.05, 4.69) is 0 Å². The molecule has 10 heteroatoms. The number of benzene rings is 1. The Kier molecular flexibility index (Phi) is 7.37. The van der Waals surface area contributed by atoms with Crippen LogP contribution in [0, 0.1) is 0 Å². The monoisotopic (exact) mass is 373 g/mol. The molecule has 1 aromatic rings. The Morgan fingerprint density at radius 3 is 2.24 bits per heavy atom. The summed E-state index contributed by atoms with van der Waals surface area (Å²) in [4.78, 5) is 32.7. The van der Waals surface area contributed by atoms with Crippen LogP contribution in [0.3, 0.4) is 0 Å². The van der Waals surface area contributed by atoms with Gasteiger partial charge in [-0.05, 0) is 24.1 Å². The molecular formula is C15H19NO8S. The normalized spacial score (nSPS) is 12.2. The van der Waals surface area contributed by atoms with Crippen molar-refractivity contribution in [2.24, 2.45) is 0 Å². The average Bonchev–Trinajstić information content (AvgIpc) is 2.53. The number of aliphatic carboxylic acids is 2. The number of carboxylic acids is 2. The number of carboxylic acid groups (broad SMARTS) is 2. The van der Waals surface area contributed by atoms with E-state index in [-0.39, 0.29) is 17.9 Å². The highest BCUT2D eigenvalue weighted by molar-refractivity contribution is 7.87. The minimum absolute atomic E-state index is 0.0845. The van der Waals surface area contributed by atoms with Gasteiger partial charge in [0.2, 0.25) is 0 Å². The van der Waals surface area contributed by atoms with Crippen molar-refractivity contribution in [1.82, 2.24) is 5.32 Å². The second-order valence-electron chi connectivity index (χ2n) is 5.22. The van der Waals surface area contributed by atoms with E-state index in [0.29, 0.717) is 18.4 Å². The maximum atomic E-state index is 11.7. The number of amides is 1. The number of carbonyl (C=O) groups is 3. The van der Waals surface area contributed by atoms with E-state index in [9.17, 15) is 22.8 Å². The predicted molar refractivity (Wildman–Crippen MR) is 86.7 cm³/mol. The largest absolute Gasteiger partial charge is 0.480 e. The lowest BCUT2D eigenvalue weighted by Gasteiger charge is -2.13. The maximum Gasteiger partial charge on any atom is 0.394 e. The second-order valence-corrected chi connectivity index (χ2v) is 6.91. The van der Waals surface area contributed by atoms with Crippen molar-refractivity contribution in [3.8, 4) is 5.75 Å². The van der Waals surface area contributed by atoms with Crippen molar-refractivity contribution in [2.45, 2.75) is 32.2 Å². The number of rotatable bonds is 9. The summed E-state index contributed by atoms with van der Waals surface area (Å²) in [6.45, 7) is 1.85. The summed E-state index contributed by atoms with van der Waals surface area (Å²) >= 11 is 0. The molecule has 0 spiro atoms. The fraction of sp³-hybridized carbons (Fsp3) is 0.400. The number of hydrogen-bond acceptors (Lipinski definition) is 6. The van der Waals surface area contributed by atoms with E-state index in [4.69, 9.17) is 14.4 Å². The summed E-state index contributed by atoms with van der Waals surface area (Å²) in [6, 6.07) is 4.16. The Morgan fingerprint density at radius 1 is 1.16 bits per heavy atom. The highest BCUT2D eigenvalue weighted by atomic mass is 32.2. The Labute approximate surface area is 144 Å². The molecule has 0 aliphatic carbocycles. The zero-order valence-electron chi connectivity index (χ0n) is 13.5. The van der Waals surface area contributed by atoms with Crippen LogP contribution >= 0.6 is 0 Å². The highest BCUT2D eigenvalue weighted by Gasteiger charge is 2.23. The van der Waals surface area contributed by atoms with Crippen LogP contribution in [0.5, 0.6) is 5.75 Å². The first-order chi connectivity index (χ1) is 11.6. The van der Waals surface area contributed by atoms with Crippen molar-refractivity contribution >= 4 is 28.0 Å². The second kappa shape index (κ2) is 9.02. The van der Waals surface area contributed by atoms with E-state index in [1.165, 1.54) is 24.3 Å². The molecule has 0 saturated heterocycles. The van der Waals surface area contributed by atoms with E-state index >= 15 is 0 Å². The van der Waals surface area contributed by atoms with Crippen LogP contribution < -0.4 is 9.50 Å². The zero-order chi connectivity index (χ0) is 19.0. The Morgan fingerprint density at radius 2 is 1.76 bits per heavy atom. The first kappa shape index (κ1) is 20.4. The molecule has 0 unspecified atom stereocenters. The van der Waals surface area contributed by atoms with Crippen LogP contribution in [-0.4, -0.2) is 48.3 Å². The Balaban J connectivity index is 2.76. The molecule has 1 rings (SSSR count). The number of hydrogen-bond donors (Lipinski definition) is 3. The fourth-order valence-electron chi connectivity index (χ4n) is 1.85. The molecule has 0 fully saturated rings. The molecular weight excluding hydrogens is 354 g/mol. The molecule has 138 valence electrons. The summed E-state index contributed by atoms with van der Waals surface area (Å²) in [5, 5.41) is 19.4. The van der Waals surface area contributed by atoms with Crippen LogP contribution in [0.15, 0.2) is 24.3 Å². The molecule has 1 aromatic carbocycles. The van der Waals surface area contributed by atoms with Gasteiger partial charge < -0.3 is 19.7 Å². The van der Waals surface area contributed by atoms with Crippen LogP contribution in [-0.2, 0) is 30.9 Å². The van der Waals surface area contributed by atoms with Gasteiger partial charge in [-0.1, -0.05) is 25.5 Å². The van der Waals surface area contributed by atoms with Gasteiger partial charge in [-0.3, -0.25) is 4.79 Å². The van der Waals surface area contributed by atoms with Gasteiger partial charge in [0.25, 0.3) is 0 Å². The van der Waals surface area contributed by atoms with Gasteiger partial charge in [-0.15, -0.1) is 0 Å². The molecule has 25 heavy (non-hydrogen) atoms. The van der Waals surface area contributed by atoms with Crippen LogP contribution in [0.2, 0.25) is 0 Å². The molecule has 0 aromatic heterocycles. The zero-order valence-corrected chi connectivity index (χ0v) is 14.3. The number of nitrogens with one attached hydrogen (secondary N) is 1. The molecule has 9 nitrogen and oxygen atoms in total. The third-order valence-electron chi connectivity index (χ3n) is 3.13. The minimum Gasteiger partial charge on any atom is -0.480 e. The first-order valence-electron chi connectivity index (χ1n) is 7.42. The van der Waals surface area contributed by atoms with Gasteiger partial charge in [0.05, 0.1) is 5.75 Å². The van der Waals surface area contributed by atoms with Gasteiger partial charge >= 0.3 is 28.0 Å². The van der Waals surface area contributed by atoms with Gasteiger partial charge in [0, 0.05) is 6.42 Å². The summed E-state index contributed by atoms with van der Waals surface area (Å²) in [5.74, 6) is -4.62. The quantitative estimate of drug-likeness (QED) is 0.416. The average molecular weight is 373 g/mol.